The second kappa shape index (κ2) is 5.65. The summed E-state index contributed by atoms with van der Waals surface area (Å²) in [5.41, 5.74) is -0.305. The number of carboxylic acid groups (broad SMARTS) is 3. The number of fused-ring (bicyclic) bond motifs is 1. The highest BCUT2D eigenvalue weighted by Gasteiger charge is 2.80. The molecule has 126 valence electrons. The Balaban J connectivity index is 0.000000595. The Kier molecular flexibility index (Phi) is 4.16. The van der Waals surface area contributed by atoms with Crippen LogP contribution in [-0.2, 0) is 28.0 Å². The van der Waals surface area contributed by atoms with Crippen LogP contribution in [0.2, 0.25) is 0 Å². The number of rotatable bonds is 4. The van der Waals surface area contributed by atoms with Gasteiger partial charge in [0.1, 0.15) is 0 Å². The van der Waals surface area contributed by atoms with Gasteiger partial charge < -0.3 is 15.3 Å². The highest BCUT2D eigenvalue weighted by atomic mass is 16.4. The van der Waals surface area contributed by atoms with E-state index < -0.39 is 22.8 Å². The van der Waals surface area contributed by atoms with E-state index in [9.17, 15) is 19.8 Å². The molecule has 9 nitrogen and oxygen atoms in total. The first-order valence-electron chi connectivity index (χ1n) is 6.98. The Hall–Kier alpha value is -2.42. The van der Waals surface area contributed by atoms with E-state index in [0.717, 1.165) is 11.3 Å². The molecule has 2 atom stereocenters. The number of aliphatic carboxylic acids is 2. The number of hydrogen-bond acceptors (Lipinski definition) is 5. The van der Waals surface area contributed by atoms with Crippen LogP contribution in [0.25, 0.3) is 0 Å². The van der Waals surface area contributed by atoms with Crippen molar-refractivity contribution in [2.24, 2.45) is 17.9 Å². The molecule has 1 saturated carbocycles. The zero-order valence-electron chi connectivity index (χ0n) is 12.9. The van der Waals surface area contributed by atoms with E-state index in [-0.39, 0.29) is 12.9 Å². The van der Waals surface area contributed by atoms with Crippen molar-refractivity contribution < 1.29 is 29.7 Å². The van der Waals surface area contributed by atoms with Crippen molar-refractivity contribution in [3.05, 3.63) is 17.5 Å². The zero-order chi connectivity index (χ0) is 17.4. The van der Waals surface area contributed by atoms with Crippen LogP contribution in [0.3, 0.4) is 0 Å². The number of likely N-dealkylation sites (tertiary alicyclic amines) is 1. The molecule has 2 heterocycles. The largest absolute Gasteiger partial charge is 0.483 e. The number of aryl methyl sites for hydroxylation is 2. The molecule has 1 aromatic heterocycles. The van der Waals surface area contributed by atoms with Gasteiger partial charge in [-0.1, -0.05) is 0 Å². The van der Waals surface area contributed by atoms with Gasteiger partial charge in [-0.25, -0.2) is 0 Å². The molecule has 3 N–H and O–H groups in total. The highest BCUT2D eigenvalue weighted by molar-refractivity contribution is 5.94. The molecule has 0 spiro atoms. The Labute approximate surface area is 132 Å². The molecular weight excluding hydrogens is 306 g/mol. The van der Waals surface area contributed by atoms with Crippen molar-refractivity contribution in [1.29, 1.82) is 0 Å². The van der Waals surface area contributed by atoms with Gasteiger partial charge in [-0.3, -0.25) is 24.0 Å². The molecule has 3 rings (SSSR count). The van der Waals surface area contributed by atoms with Gasteiger partial charge in [0.2, 0.25) is 0 Å². The highest BCUT2D eigenvalue weighted by Crippen LogP contribution is 2.68. The van der Waals surface area contributed by atoms with Crippen molar-refractivity contribution in [2.75, 3.05) is 13.1 Å². The van der Waals surface area contributed by atoms with Crippen molar-refractivity contribution in [3.8, 4) is 0 Å². The third-order valence-electron chi connectivity index (χ3n) is 4.71. The first-order chi connectivity index (χ1) is 10.7. The molecule has 2 fully saturated rings. The van der Waals surface area contributed by atoms with E-state index >= 15 is 0 Å². The van der Waals surface area contributed by atoms with Gasteiger partial charge in [0.15, 0.2) is 0 Å². The summed E-state index contributed by atoms with van der Waals surface area (Å²) in [6, 6.07) is 0. The quantitative estimate of drug-likeness (QED) is 0.648. The third-order valence-corrected chi connectivity index (χ3v) is 4.71. The summed E-state index contributed by atoms with van der Waals surface area (Å²) in [5.74, 6) is -1.99. The van der Waals surface area contributed by atoms with Crippen LogP contribution in [0.5, 0.6) is 0 Å². The lowest BCUT2D eigenvalue weighted by Gasteiger charge is -2.18. The van der Waals surface area contributed by atoms with Crippen LogP contribution in [-0.4, -0.2) is 61.5 Å². The monoisotopic (exact) mass is 325 g/mol. The smallest absolute Gasteiger partial charge is 0.312 e. The number of carbonyl (C=O) groups is 3. The van der Waals surface area contributed by atoms with Crippen LogP contribution in [0.15, 0.2) is 6.20 Å². The molecule has 0 bridgehead atoms. The fourth-order valence-electron chi connectivity index (χ4n) is 3.56. The van der Waals surface area contributed by atoms with Crippen LogP contribution in [0.1, 0.15) is 17.7 Å². The molecule has 0 amide bonds. The van der Waals surface area contributed by atoms with Crippen LogP contribution in [0.4, 0.5) is 0 Å². The lowest BCUT2D eigenvalue weighted by molar-refractivity contribution is -0.151. The third kappa shape index (κ3) is 2.56. The predicted molar refractivity (Wildman–Crippen MR) is 76.7 cm³/mol. The molecular formula is C14H19N3O6. The molecule has 2 aliphatic rings. The van der Waals surface area contributed by atoms with Gasteiger partial charge in [-0.2, -0.15) is 5.10 Å². The van der Waals surface area contributed by atoms with Gasteiger partial charge in [-0.05, 0) is 13.3 Å². The topological polar surface area (TPSA) is 133 Å². The maximum absolute atomic E-state index is 11.4. The SMILES string of the molecule is Cc1nn(C)cc1CN1C[C@@]2(C(=O)O)C[C@@]2(C(=O)O)C1.O=CO. The maximum Gasteiger partial charge on any atom is 0.312 e. The molecule has 23 heavy (non-hydrogen) atoms. The first-order valence-corrected chi connectivity index (χ1v) is 6.98. The van der Waals surface area contributed by atoms with Gasteiger partial charge in [0.05, 0.1) is 16.5 Å². The average Bonchev–Trinajstić information content (AvgIpc) is 2.82. The summed E-state index contributed by atoms with van der Waals surface area (Å²) in [6.07, 6.45) is 2.13. The van der Waals surface area contributed by atoms with Gasteiger partial charge in [0, 0.05) is 38.4 Å². The summed E-state index contributed by atoms with van der Waals surface area (Å²) < 4.78 is 1.71. The predicted octanol–water partition coefficient (Wildman–Crippen LogP) is -0.209. The standard InChI is InChI=1S/C13H17N3O4.CH2O2/c1-8-9(3-15(2)14-8)4-16-6-12(10(17)18)5-13(12,7-16)11(19)20;2-1-3/h3H,4-7H2,1-2H3,(H,17,18)(H,19,20);1H,(H,2,3)/t12-,13+;. The zero-order valence-corrected chi connectivity index (χ0v) is 12.9. The Bertz CT molecular complexity index is 629. The minimum atomic E-state index is -1.10. The minimum Gasteiger partial charge on any atom is -0.483 e. The molecule has 1 aliphatic heterocycles. The summed E-state index contributed by atoms with van der Waals surface area (Å²) in [4.78, 5) is 33.1. The molecule has 0 radical (unpaired) electrons. The van der Waals surface area contributed by atoms with Gasteiger partial charge in [0.25, 0.3) is 6.47 Å². The summed E-state index contributed by atoms with van der Waals surface area (Å²) in [7, 11) is 1.83. The van der Waals surface area contributed by atoms with E-state index in [1.54, 1.807) is 4.68 Å². The number of piperidine rings is 1. The fraction of sp³-hybridized carbons (Fsp3) is 0.571. The fourth-order valence-corrected chi connectivity index (χ4v) is 3.56. The first kappa shape index (κ1) is 16.9. The van der Waals surface area contributed by atoms with Crippen molar-refractivity contribution in [3.63, 3.8) is 0 Å². The second-order valence-corrected chi connectivity index (χ2v) is 6.12. The summed E-state index contributed by atoms with van der Waals surface area (Å²) >= 11 is 0. The van der Waals surface area contributed by atoms with E-state index in [4.69, 9.17) is 9.90 Å². The van der Waals surface area contributed by atoms with E-state index in [2.05, 4.69) is 5.10 Å². The molecule has 1 aromatic rings. The number of carboxylic acids is 2. The van der Waals surface area contributed by atoms with Crippen molar-refractivity contribution in [1.82, 2.24) is 14.7 Å². The van der Waals surface area contributed by atoms with Crippen molar-refractivity contribution >= 4 is 18.4 Å². The lowest BCUT2D eigenvalue weighted by Crippen LogP contribution is -2.28. The molecule has 9 heteroatoms. The second-order valence-electron chi connectivity index (χ2n) is 6.12. The van der Waals surface area contributed by atoms with E-state index in [1.807, 2.05) is 25.1 Å². The summed E-state index contributed by atoms with van der Waals surface area (Å²) in [6.45, 7) is 2.78. The number of aromatic nitrogens is 2. The molecule has 1 saturated heterocycles. The molecule has 1 aliphatic carbocycles. The van der Waals surface area contributed by atoms with Gasteiger partial charge in [-0.15, -0.1) is 0 Å². The molecule has 0 unspecified atom stereocenters. The van der Waals surface area contributed by atoms with E-state index in [0.29, 0.717) is 19.6 Å². The lowest BCUT2D eigenvalue weighted by atomic mass is 9.97. The number of nitrogens with zero attached hydrogens (tertiary/aromatic N) is 3. The van der Waals surface area contributed by atoms with Gasteiger partial charge >= 0.3 is 11.9 Å². The summed E-state index contributed by atoms with van der Waals surface area (Å²) in [5, 5.41) is 29.9. The van der Waals surface area contributed by atoms with Crippen LogP contribution < -0.4 is 0 Å². The Morgan fingerprint density at radius 1 is 1.30 bits per heavy atom. The minimum absolute atomic E-state index is 0.243. The number of hydrogen-bond donors (Lipinski definition) is 3. The van der Waals surface area contributed by atoms with E-state index in [1.165, 1.54) is 0 Å². The maximum atomic E-state index is 11.4. The molecule has 0 aromatic carbocycles. The average molecular weight is 325 g/mol. The Morgan fingerprint density at radius 3 is 2.13 bits per heavy atom. The van der Waals surface area contributed by atoms with Crippen molar-refractivity contribution in [2.45, 2.75) is 19.9 Å². The Morgan fingerprint density at radius 2 is 1.78 bits per heavy atom. The normalized spacial score (nSPS) is 28.4. The van der Waals surface area contributed by atoms with Crippen LogP contribution in [0, 0.1) is 17.8 Å². The van der Waals surface area contributed by atoms with Crippen LogP contribution >= 0.6 is 0 Å².